The molecular formula is C16H15NO. The van der Waals surface area contributed by atoms with Gasteiger partial charge in [0.2, 0.25) is 0 Å². The van der Waals surface area contributed by atoms with Crippen molar-refractivity contribution < 1.29 is 4.84 Å². The zero-order chi connectivity index (χ0) is 12.4. The van der Waals surface area contributed by atoms with Crippen molar-refractivity contribution in [2.75, 3.05) is 6.61 Å². The normalized spacial score (nSPS) is 12.6. The summed E-state index contributed by atoms with van der Waals surface area (Å²) in [6, 6.07) is 16.8. The molecule has 2 aromatic rings. The largest absolute Gasteiger partial charge is 0.396 e. The van der Waals surface area contributed by atoms with Crippen LogP contribution in [0.25, 0.3) is 0 Å². The average molecular weight is 237 g/mol. The lowest BCUT2D eigenvalue weighted by Crippen LogP contribution is -2.16. The van der Waals surface area contributed by atoms with Gasteiger partial charge >= 0.3 is 0 Å². The molecule has 0 amide bonds. The third kappa shape index (κ3) is 1.80. The molecule has 1 aliphatic carbocycles. The van der Waals surface area contributed by atoms with E-state index < -0.39 is 0 Å². The van der Waals surface area contributed by atoms with Gasteiger partial charge in [-0.25, -0.2) is 0 Å². The molecule has 0 aromatic heterocycles. The first-order valence-electron chi connectivity index (χ1n) is 6.26. The quantitative estimate of drug-likeness (QED) is 0.626. The van der Waals surface area contributed by atoms with Crippen molar-refractivity contribution in [2.45, 2.75) is 13.3 Å². The van der Waals surface area contributed by atoms with Crippen molar-refractivity contribution in [1.82, 2.24) is 0 Å². The Morgan fingerprint density at radius 2 is 1.50 bits per heavy atom. The molecule has 0 heterocycles. The zero-order valence-electron chi connectivity index (χ0n) is 10.4. The van der Waals surface area contributed by atoms with Crippen LogP contribution in [-0.2, 0) is 11.3 Å². The minimum absolute atomic E-state index is 0.591. The summed E-state index contributed by atoms with van der Waals surface area (Å²) in [5.41, 5.74) is 5.95. The first-order chi connectivity index (χ1) is 8.90. The first-order valence-corrected chi connectivity index (χ1v) is 6.26. The third-order valence-corrected chi connectivity index (χ3v) is 3.21. The summed E-state index contributed by atoms with van der Waals surface area (Å²) < 4.78 is 0. The molecule has 1 aliphatic rings. The second kappa shape index (κ2) is 4.65. The molecule has 2 heteroatoms. The predicted molar refractivity (Wildman–Crippen MR) is 73.0 cm³/mol. The number of hydrogen-bond acceptors (Lipinski definition) is 2. The number of nitrogens with zero attached hydrogens (tertiary/aromatic N) is 1. The number of hydrogen-bond donors (Lipinski definition) is 0. The van der Waals surface area contributed by atoms with Crippen molar-refractivity contribution in [3.63, 3.8) is 0 Å². The second-order valence-electron chi connectivity index (χ2n) is 4.35. The molecular weight excluding hydrogens is 222 g/mol. The van der Waals surface area contributed by atoms with Crippen LogP contribution >= 0.6 is 0 Å². The smallest absolute Gasteiger partial charge is 0.117 e. The van der Waals surface area contributed by atoms with Gasteiger partial charge in [-0.2, -0.15) is 0 Å². The van der Waals surface area contributed by atoms with E-state index in [9.17, 15) is 0 Å². The standard InChI is InChI=1S/C16H15NO/c1-2-18-17-16-14-9-5-3-7-12(14)11-13-8-4-6-10-15(13)16/h3-10H,2,11H2,1H3. The molecule has 0 bridgehead atoms. The molecule has 90 valence electrons. The first kappa shape index (κ1) is 11.0. The van der Waals surface area contributed by atoms with Crippen LogP contribution in [0.15, 0.2) is 53.7 Å². The Bertz CT molecular complexity index is 554. The van der Waals surface area contributed by atoms with Crippen molar-refractivity contribution >= 4 is 5.71 Å². The lowest BCUT2D eigenvalue weighted by Gasteiger charge is -2.20. The Hall–Kier alpha value is -2.09. The van der Waals surface area contributed by atoms with Gasteiger partial charge < -0.3 is 4.84 Å². The van der Waals surface area contributed by atoms with Gasteiger partial charge in [0.05, 0.1) is 0 Å². The highest BCUT2D eigenvalue weighted by molar-refractivity contribution is 6.15. The number of rotatable bonds is 2. The van der Waals surface area contributed by atoms with E-state index in [1.54, 1.807) is 0 Å². The fourth-order valence-corrected chi connectivity index (χ4v) is 2.39. The van der Waals surface area contributed by atoms with Crippen molar-refractivity contribution in [1.29, 1.82) is 0 Å². The fourth-order valence-electron chi connectivity index (χ4n) is 2.39. The zero-order valence-corrected chi connectivity index (χ0v) is 10.4. The van der Waals surface area contributed by atoms with Crippen molar-refractivity contribution in [2.24, 2.45) is 5.16 Å². The van der Waals surface area contributed by atoms with E-state index in [1.165, 1.54) is 22.3 Å². The Labute approximate surface area is 107 Å². The van der Waals surface area contributed by atoms with Gasteiger partial charge in [0.15, 0.2) is 0 Å². The maximum atomic E-state index is 5.27. The third-order valence-electron chi connectivity index (χ3n) is 3.21. The molecule has 0 spiro atoms. The van der Waals surface area contributed by atoms with Gasteiger partial charge in [-0.3, -0.25) is 0 Å². The van der Waals surface area contributed by atoms with Crippen LogP contribution in [0, 0.1) is 0 Å². The lowest BCUT2D eigenvalue weighted by atomic mass is 9.85. The van der Waals surface area contributed by atoms with Crippen LogP contribution < -0.4 is 0 Å². The summed E-state index contributed by atoms with van der Waals surface area (Å²) in [5.74, 6) is 0. The van der Waals surface area contributed by atoms with Crippen LogP contribution in [-0.4, -0.2) is 12.3 Å². The Balaban J connectivity index is 2.18. The molecule has 0 aliphatic heterocycles. The summed E-state index contributed by atoms with van der Waals surface area (Å²) in [5, 5.41) is 4.30. The van der Waals surface area contributed by atoms with E-state index in [0.29, 0.717) is 6.61 Å². The van der Waals surface area contributed by atoms with Crippen molar-refractivity contribution in [3.05, 3.63) is 70.8 Å². The SMILES string of the molecule is CCON=C1c2ccccc2Cc2ccccc21. The Morgan fingerprint density at radius 3 is 2.06 bits per heavy atom. The molecule has 0 unspecified atom stereocenters. The van der Waals surface area contributed by atoms with Gasteiger partial charge in [0.1, 0.15) is 12.3 Å². The average Bonchev–Trinajstić information content (AvgIpc) is 2.43. The predicted octanol–water partition coefficient (Wildman–Crippen LogP) is 3.38. The Kier molecular flexibility index (Phi) is 2.85. The minimum Gasteiger partial charge on any atom is -0.396 e. The molecule has 0 saturated carbocycles. The maximum Gasteiger partial charge on any atom is 0.117 e. The highest BCUT2D eigenvalue weighted by Gasteiger charge is 2.21. The van der Waals surface area contributed by atoms with E-state index in [-0.39, 0.29) is 0 Å². The molecule has 0 atom stereocenters. The molecule has 0 radical (unpaired) electrons. The minimum atomic E-state index is 0.591. The topological polar surface area (TPSA) is 21.6 Å². The summed E-state index contributed by atoms with van der Waals surface area (Å²) in [6.07, 6.45) is 0.970. The molecule has 3 rings (SSSR count). The van der Waals surface area contributed by atoms with Crippen LogP contribution in [0.3, 0.4) is 0 Å². The molecule has 2 aromatic carbocycles. The van der Waals surface area contributed by atoms with E-state index in [0.717, 1.165) is 12.1 Å². The summed E-state index contributed by atoms with van der Waals surface area (Å²) in [4.78, 5) is 5.27. The summed E-state index contributed by atoms with van der Waals surface area (Å²) >= 11 is 0. The van der Waals surface area contributed by atoms with Gasteiger partial charge in [-0.05, 0) is 24.5 Å². The van der Waals surface area contributed by atoms with E-state index in [1.807, 2.05) is 19.1 Å². The van der Waals surface area contributed by atoms with E-state index in [4.69, 9.17) is 4.84 Å². The van der Waals surface area contributed by atoms with Crippen LogP contribution in [0.5, 0.6) is 0 Å². The van der Waals surface area contributed by atoms with Crippen molar-refractivity contribution in [3.8, 4) is 0 Å². The number of oxime groups is 1. The monoisotopic (exact) mass is 237 g/mol. The number of fused-ring (bicyclic) bond motifs is 2. The van der Waals surface area contributed by atoms with Crippen LogP contribution in [0.4, 0.5) is 0 Å². The van der Waals surface area contributed by atoms with Crippen LogP contribution in [0.1, 0.15) is 29.2 Å². The van der Waals surface area contributed by atoms with Gasteiger partial charge in [-0.1, -0.05) is 53.7 Å². The van der Waals surface area contributed by atoms with Gasteiger partial charge in [0.25, 0.3) is 0 Å². The van der Waals surface area contributed by atoms with E-state index in [2.05, 4.69) is 41.6 Å². The summed E-state index contributed by atoms with van der Waals surface area (Å²) in [6.45, 7) is 2.54. The van der Waals surface area contributed by atoms with Gasteiger partial charge in [0, 0.05) is 11.1 Å². The maximum absolute atomic E-state index is 5.27. The molecule has 0 saturated heterocycles. The lowest BCUT2D eigenvalue weighted by molar-refractivity contribution is 0.159. The molecule has 0 N–H and O–H groups in total. The molecule has 2 nitrogen and oxygen atoms in total. The second-order valence-corrected chi connectivity index (χ2v) is 4.35. The highest BCUT2D eigenvalue weighted by Crippen LogP contribution is 2.27. The summed E-state index contributed by atoms with van der Waals surface area (Å²) in [7, 11) is 0. The highest BCUT2D eigenvalue weighted by atomic mass is 16.6. The molecule has 0 fully saturated rings. The van der Waals surface area contributed by atoms with Gasteiger partial charge in [-0.15, -0.1) is 0 Å². The van der Waals surface area contributed by atoms with E-state index >= 15 is 0 Å². The number of benzene rings is 2. The molecule has 18 heavy (non-hydrogen) atoms. The van der Waals surface area contributed by atoms with Crippen LogP contribution in [0.2, 0.25) is 0 Å². The Morgan fingerprint density at radius 1 is 0.944 bits per heavy atom. The fraction of sp³-hybridized carbons (Fsp3) is 0.188.